The molecule has 1 atom stereocenters. The summed E-state index contributed by atoms with van der Waals surface area (Å²) in [6, 6.07) is 6.42. The van der Waals surface area contributed by atoms with Crippen LogP contribution in [0.1, 0.15) is 38.2 Å². The van der Waals surface area contributed by atoms with E-state index in [0.29, 0.717) is 24.4 Å². The first kappa shape index (κ1) is 22.6. The fourth-order valence-corrected chi connectivity index (χ4v) is 4.17. The minimum absolute atomic E-state index is 0.310. The van der Waals surface area contributed by atoms with Crippen molar-refractivity contribution in [1.82, 2.24) is 35.3 Å². The van der Waals surface area contributed by atoms with Crippen LogP contribution in [0.2, 0.25) is 0 Å². The van der Waals surface area contributed by atoms with Crippen molar-refractivity contribution in [2.24, 2.45) is 0 Å². The highest BCUT2D eigenvalue weighted by atomic mass is 16.5. The zero-order chi connectivity index (χ0) is 23.4. The Morgan fingerprint density at radius 1 is 1.30 bits per heavy atom. The quantitative estimate of drug-likeness (QED) is 0.599. The van der Waals surface area contributed by atoms with Crippen molar-refractivity contribution in [3.63, 3.8) is 0 Å². The molecule has 174 valence electrons. The van der Waals surface area contributed by atoms with Crippen LogP contribution in [-0.2, 0) is 19.9 Å². The standard InChI is InChI=1S/C22H27N7O4/c1-22(16-7-6-10-18(13-16)29-15-23-25-26-29)20(31)28(21(32)24-22)14-19(30)27(11-12-33-2)17-8-4-3-5-9-17/h6-8,10,13,15H,3-5,9,11-12,14H2,1-2H3,(H,24,32). The molecule has 1 aromatic heterocycles. The van der Waals surface area contributed by atoms with E-state index in [0.717, 1.165) is 36.3 Å². The maximum Gasteiger partial charge on any atom is 0.325 e. The molecule has 2 heterocycles. The van der Waals surface area contributed by atoms with E-state index in [-0.39, 0.29) is 12.5 Å². The summed E-state index contributed by atoms with van der Waals surface area (Å²) >= 11 is 0. The van der Waals surface area contributed by atoms with Gasteiger partial charge in [0.05, 0.1) is 12.3 Å². The second-order valence-electron chi connectivity index (χ2n) is 8.23. The van der Waals surface area contributed by atoms with Gasteiger partial charge in [-0.3, -0.25) is 14.5 Å². The van der Waals surface area contributed by atoms with E-state index in [4.69, 9.17) is 4.74 Å². The molecule has 11 nitrogen and oxygen atoms in total. The minimum atomic E-state index is -1.32. The van der Waals surface area contributed by atoms with Crippen molar-refractivity contribution in [1.29, 1.82) is 0 Å². The molecule has 33 heavy (non-hydrogen) atoms. The largest absolute Gasteiger partial charge is 0.383 e. The van der Waals surface area contributed by atoms with Crippen LogP contribution in [0.5, 0.6) is 0 Å². The van der Waals surface area contributed by atoms with Crippen LogP contribution in [0.15, 0.2) is 42.4 Å². The number of nitrogens with one attached hydrogen (secondary N) is 1. The van der Waals surface area contributed by atoms with E-state index >= 15 is 0 Å². The molecule has 1 aliphatic heterocycles. The van der Waals surface area contributed by atoms with Gasteiger partial charge >= 0.3 is 6.03 Å². The Morgan fingerprint density at radius 3 is 2.85 bits per heavy atom. The van der Waals surface area contributed by atoms with Crippen molar-refractivity contribution in [3.8, 4) is 5.69 Å². The molecule has 1 fully saturated rings. The third-order valence-corrected chi connectivity index (χ3v) is 6.04. The van der Waals surface area contributed by atoms with E-state index in [1.807, 2.05) is 0 Å². The van der Waals surface area contributed by atoms with Gasteiger partial charge in [0.1, 0.15) is 18.4 Å². The smallest absolute Gasteiger partial charge is 0.325 e. The average molecular weight is 454 g/mol. The van der Waals surface area contributed by atoms with Crippen molar-refractivity contribution < 1.29 is 19.1 Å². The van der Waals surface area contributed by atoms with Crippen LogP contribution in [0.4, 0.5) is 4.79 Å². The molecule has 1 saturated heterocycles. The van der Waals surface area contributed by atoms with Crippen LogP contribution in [0.25, 0.3) is 5.69 Å². The molecular formula is C22H27N7O4. The van der Waals surface area contributed by atoms with Gasteiger partial charge in [0, 0.05) is 19.4 Å². The number of benzene rings is 1. The molecule has 1 aromatic carbocycles. The van der Waals surface area contributed by atoms with Gasteiger partial charge < -0.3 is 15.0 Å². The number of aromatic nitrogens is 4. The van der Waals surface area contributed by atoms with Crippen LogP contribution in [0.3, 0.4) is 0 Å². The molecule has 0 saturated carbocycles. The Kier molecular flexibility index (Phi) is 6.50. The molecule has 0 radical (unpaired) electrons. The van der Waals surface area contributed by atoms with E-state index in [2.05, 4.69) is 26.9 Å². The first-order chi connectivity index (χ1) is 15.9. The second kappa shape index (κ2) is 9.49. The van der Waals surface area contributed by atoms with Gasteiger partial charge in [-0.25, -0.2) is 9.48 Å². The highest BCUT2D eigenvalue weighted by molar-refractivity contribution is 6.09. The van der Waals surface area contributed by atoms with E-state index in [9.17, 15) is 14.4 Å². The Balaban J connectivity index is 1.54. The molecule has 2 aromatic rings. The maximum absolute atomic E-state index is 13.4. The third kappa shape index (κ3) is 4.49. The maximum atomic E-state index is 13.4. The van der Waals surface area contributed by atoms with Gasteiger partial charge in [0.15, 0.2) is 0 Å². The molecule has 2 aliphatic rings. The number of allylic oxidation sites excluding steroid dienone is 2. The van der Waals surface area contributed by atoms with Gasteiger partial charge in [-0.15, -0.1) is 5.10 Å². The molecule has 11 heteroatoms. The first-order valence-electron chi connectivity index (χ1n) is 10.9. The highest BCUT2D eigenvalue weighted by Crippen LogP contribution is 2.30. The molecule has 0 bridgehead atoms. The predicted molar refractivity (Wildman–Crippen MR) is 117 cm³/mol. The van der Waals surface area contributed by atoms with E-state index in [1.165, 1.54) is 11.0 Å². The summed E-state index contributed by atoms with van der Waals surface area (Å²) in [6.45, 7) is 2.03. The van der Waals surface area contributed by atoms with Crippen LogP contribution < -0.4 is 5.32 Å². The number of rotatable bonds is 8. The lowest BCUT2D eigenvalue weighted by atomic mass is 9.91. The Bertz CT molecular complexity index is 1070. The van der Waals surface area contributed by atoms with Crippen molar-refractivity contribution in [2.75, 3.05) is 26.8 Å². The van der Waals surface area contributed by atoms with E-state index < -0.39 is 17.5 Å². The molecule has 1 aliphatic carbocycles. The Hall–Kier alpha value is -3.60. The SMILES string of the molecule is COCCN(C(=O)CN1C(=O)NC(C)(c2cccc(-n3cnnn3)c2)C1=O)C1=CCCCC1. The number of nitrogens with zero attached hydrogens (tertiary/aromatic N) is 6. The number of hydrogen-bond acceptors (Lipinski definition) is 7. The Morgan fingerprint density at radius 2 is 2.15 bits per heavy atom. The number of hydrogen-bond donors (Lipinski definition) is 1. The molecule has 4 amide bonds. The van der Waals surface area contributed by atoms with Crippen LogP contribution >= 0.6 is 0 Å². The lowest BCUT2D eigenvalue weighted by molar-refractivity contribution is -0.138. The zero-order valence-corrected chi connectivity index (χ0v) is 18.7. The molecule has 1 N–H and O–H groups in total. The summed E-state index contributed by atoms with van der Waals surface area (Å²) in [6.07, 6.45) is 7.28. The van der Waals surface area contributed by atoms with Gasteiger partial charge in [-0.2, -0.15) is 0 Å². The number of amides is 4. The first-order valence-corrected chi connectivity index (χ1v) is 10.9. The third-order valence-electron chi connectivity index (χ3n) is 6.04. The number of ether oxygens (including phenoxy) is 1. The van der Waals surface area contributed by atoms with Gasteiger partial charge in [-0.1, -0.05) is 18.2 Å². The molecular weight excluding hydrogens is 426 g/mol. The monoisotopic (exact) mass is 453 g/mol. The number of methoxy groups -OCH3 is 1. The van der Waals surface area contributed by atoms with Gasteiger partial charge in [-0.05, 0) is 60.7 Å². The lowest BCUT2D eigenvalue weighted by Crippen LogP contribution is -2.45. The van der Waals surface area contributed by atoms with Gasteiger partial charge in [0.2, 0.25) is 5.91 Å². The van der Waals surface area contributed by atoms with E-state index in [1.54, 1.807) is 43.2 Å². The topological polar surface area (TPSA) is 123 Å². The lowest BCUT2D eigenvalue weighted by Gasteiger charge is -2.29. The molecule has 0 spiro atoms. The van der Waals surface area contributed by atoms with Crippen LogP contribution in [-0.4, -0.2) is 74.7 Å². The summed E-state index contributed by atoms with van der Waals surface area (Å²) in [7, 11) is 1.57. The van der Waals surface area contributed by atoms with Crippen molar-refractivity contribution in [2.45, 2.75) is 38.1 Å². The molecule has 4 rings (SSSR count). The number of carbonyl (C=O) groups excluding carboxylic acids is 3. The van der Waals surface area contributed by atoms with Crippen molar-refractivity contribution >= 4 is 17.8 Å². The fraction of sp³-hybridized carbons (Fsp3) is 0.455. The number of urea groups is 1. The van der Waals surface area contributed by atoms with Gasteiger partial charge in [0.25, 0.3) is 5.91 Å². The highest BCUT2D eigenvalue weighted by Gasteiger charge is 2.50. The van der Waals surface area contributed by atoms with Crippen molar-refractivity contribution in [3.05, 3.63) is 47.9 Å². The summed E-state index contributed by atoms with van der Waals surface area (Å²) in [5.41, 5.74) is 0.815. The number of imide groups is 1. The van der Waals surface area contributed by atoms with Crippen LogP contribution in [0, 0.1) is 0 Å². The molecule has 1 unspecified atom stereocenters. The average Bonchev–Trinajstić information content (AvgIpc) is 3.44. The minimum Gasteiger partial charge on any atom is -0.383 e. The summed E-state index contributed by atoms with van der Waals surface area (Å²) in [4.78, 5) is 42.0. The fourth-order valence-electron chi connectivity index (χ4n) is 4.17. The zero-order valence-electron chi connectivity index (χ0n) is 18.7. The summed E-state index contributed by atoms with van der Waals surface area (Å²) in [5, 5.41) is 13.9. The number of carbonyl (C=O) groups is 3. The Labute approximate surface area is 191 Å². The summed E-state index contributed by atoms with van der Waals surface area (Å²) in [5.74, 6) is -0.797. The second-order valence-corrected chi connectivity index (χ2v) is 8.23. The summed E-state index contributed by atoms with van der Waals surface area (Å²) < 4.78 is 6.62. The predicted octanol–water partition coefficient (Wildman–Crippen LogP) is 1.36. The number of tetrazole rings is 1. The normalized spacial score (nSPS) is 20.5.